The molecule has 0 spiro atoms. The molecule has 0 aliphatic carbocycles. The maximum atomic E-state index is 10.1. The van der Waals surface area contributed by atoms with Gasteiger partial charge in [0.1, 0.15) is 0 Å². The third kappa shape index (κ3) is 11.1. The molecule has 0 saturated carbocycles. The fourth-order valence-electron chi connectivity index (χ4n) is 1.12. The molecule has 0 unspecified atom stereocenters. The summed E-state index contributed by atoms with van der Waals surface area (Å²) in [4.78, 5) is 0. The van der Waals surface area contributed by atoms with Crippen LogP contribution in [0.2, 0.25) is 0 Å². The molecule has 3 nitrogen and oxygen atoms in total. The summed E-state index contributed by atoms with van der Waals surface area (Å²) < 4.78 is 28.3. The molecular formula is C13H20O3S. The van der Waals surface area contributed by atoms with E-state index in [9.17, 15) is 8.42 Å². The molecular weight excluding hydrogens is 236 g/mol. The Kier molecular flexibility index (Phi) is 8.36. The highest BCUT2D eigenvalue weighted by molar-refractivity contribution is 7.85. The van der Waals surface area contributed by atoms with Crippen molar-refractivity contribution in [3.63, 3.8) is 0 Å². The summed E-state index contributed by atoms with van der Waals surface area (Å²) in [5, 5.41) is 0. The minimum Gasteiger partial charge on any atom is -0.286 e. The molecule has 1 N–H and O–H groups in total. The molecule has 0 amide bonds. The number of unbranched alkanes of at least 4 members (excludes halogenated alkanes) is 2. The van der Waals surface area contributed by atoms with E-state index in [0.29, 0.717) is 6.42 Å². The van der Waals surface area contributed by atoms with Crippen molar-refractivity contribution in [1.29, 1.82) is 0 Å². The second-order valence-electron chi connectivity index (χ2n) is 3.61. The van der Waals surface area contributed by atoms with Gasteiger partial charge in [0.25, 0.3) is 10.1 Å². The van der Waals surface area contributed by atoms with E-state index in [1.807, 2.05) is 43.3 Å². The molecule has 0 bridgehead atoms. The first-order chi connectivity index (χ1) is 7.99. The Bertz CT molecular complexity index is 396. The van der Waals surface area contributed by atoms with Gasteiger partial charge in [0.2, 0.25) is 0 Å². The number of rotatable bonds is 5. The van der Waals surface area contributed by atoms with Gasteiger partial charge >= 0.3 is 0 Å². The highest BCUT2D eigenvalue weighted by Crippen LogP contribution is 1.97. The van der Waals surface area contributed by atoms with Crippen LogP contribution in [0.15, 0.2) is 36.9 Å². The molecule has 0 fully saturated rings. The van der Waals surface area contributed by atoms with Gasteiger partial charge in [-0.1, -0.05) is 62.8 Å². The average molecular weight is 256 g/mol. The predicted molar refractivity (Wildman–Crippen MR) is 72.5 cm³/mol. The van der Waals surface area contributed by atoms with Crippen molar-refractivity contribution >= 4 is 16.2 Å². The van der Waals surface area contributed by atoms with E-state index in [0.717, 1.165) is 12.8 Å². The maximum Gasteiger partial charge on any atom is 0.264 e. The number of hydrogen-bond acceptors (Lipinski definition) is 2. The monoisotopic (exact) mass is 256 g/mol. The normalized spacial score (nSPS) is 10.2. The van der Waals surface area contributed by atoms with Gasteiger partial charge in [0.15, 0.2) is 0 Å². The zero-order valence-electron chi connectivity index (χ0n) is 10.2. The Morgan fingerprint density at radius 3 is 2.18 bits per heavy atom. The third-order valence-electron chi connectivity index (χ3n) is 2.04. The van der Waals surface area contributed by atoms with Crippen LogP contribution < -0.4 is 0 Å². The van der Waals surface area contributed by atoms with E-state index in [1.165, 1.54) is 5.56 Å². The smallest absolute Gasteiger partial charge is 0.264 e. The zero-order chi connectivity index (χ0) is 13.1. The highest BCUT2D eigenvalue weighted by atomic mass is 32.2. The Morgan fingerprint density at radius 2 is 1.82 bits per heavy atom. The van der Waals surface area contributed by atoms with E-state index in [-0.39, 0.29) is 5.75 Å². The summed E-state index contributed by atoms with van der Waals surface area (Å²) in [6, 6.07) is 10.0. The zero-order valence-corrected chi connectivity index (χ0v) is 11.0. The molecule has 0 atom stereocenters. The quantitative estimate of drug-likeness (QED) is 0.649. The van der Waals surface area contributed by atoms with Gasteiger partial charge in [-0.2, -0.15) is 8.42 Å². The average Bonchev–Trinajstić information content (AvgIpc) is 2.30. The fraction of sp³-hybridized carbons (Fsp3) is 0.385. The second-order valence-corrected chi connectivity index (χ2v) is 5.18. The molecule has 0 saturated heterocycles. The van der Waals surface area contributed by atoms with Gasteiger partial charge in [-0.05, 0) is 12.0 Å². The lowest BCUT2D eigenvalue weighted by atomic mass is 10.2. The van der Waals surface area contributed by atoms with E-state index >= 15 is 0 Å². The largest absolute Gasteiger partial charge is 0.286 e. The van der Waals surface area contributed by atoms with Crippen molar-refractivity contribution in [3.8, 4) is 0 Å². The topological polar surface area (TPSA) is 54.4 Å². The minimum atomic E-state index is -3.70. The van der Waals surface area contributed by atoms with Crippen LogP contribution in [-0.4, -0.2) is 18.7 Å². The molecule has 4 heteroatoms. The van der Waals surface area contributed by atoms with Gasteiger partial charge < -0.3 is 0 Å². The SMILES string of the molecule is C=Cc1ccccc1.CCCCCS(=O)(=O)O. The molecule has 1 aromatic carbocycles. The number of benzene rings is 1. The Balaban J connectivity index is 0.000000302. The minimum absolute atomic E-state index is 0.0964. The molecule has 0 aliphatic heterocycles. The first-order valence-corrected chi connectivity index (χ1v) is 7.23. The Labute approximate surface area is 104 Å². The summed E-state index contributed by atoms with van der Waals surface area (Å²) in [6.07, 6.45) is 4.23. The molecule has 96 valence electrons. The first-order valence-electron chi connectivity index (χ1n) is 5.62. The van der Waals surface area contributed by atoms with Crippen LogP contribution in [0.1, 0.15) is 31.7 Å². The van der Waals surface area contributed by atoms with E-state index in [1.54, 1.807) is 0 Å². The lowest BCUT2D eigenvalue weighted by Gasteiger charge is -1.92. The molecule has 17 heavy (non-hydrogen) atoms. The van der Waals surface area contributed by atoms with Crippen molar-refractivity contribution in [2.24, 2.45) is 0 Å². The maximum absolute atomic E-state index is 10.1. The molecule has 1 aromatic rings. The van der Waals surface area contributed by atoms with E-state index < -0.39 is 10.1 Å². The van der Waals surface area contributed by atoms with Crippen LogP contribution in [0.25, 0.3) is 6.08 Å². The summed E-state index contributed by atoms with van der Waals surface area (Å²) in [5.74, 6) is -0.0964. The summed E-state index contributed by atoms with van der Waals surface area (Å²) in [6.45, 7) is 5.61. The van der Waals surface area contributed by atoms with Gasteiger partial charge in [-0.25, -0.2) is 0 Å². The van der Waals surface area contributed by atoms with Crippen molar-refractivity contribution in [2.75, 3.05) is 5.75 Å². The predicted octanol–water partition coefficient (Wildman–Crippen LogP) is 3.39. The van der Waals surface area contributed by atoms with Crippen LogP contribution in [0.3, 0.4) is 0 Å². The van der Waals surface area contributed by atoms with Crippen LogP contribution in [0.5, 0.6) is 0 Å². The molecule has 0 aliphatic rings. The van der Waals surface area contributed by atoms with Crippen LogP contribution in [-0.2, 0) is 10.1 Å². The van der Waals surface area contributed by atoms with Gasteiger partial charge in [0, 0.05) is 0 Å². The van der Waals surface area contributed by atoms with E-state index in [2.05, 4.69) is 6.58 Å². The van der Waals surface area contributed by atoms with Crippen LogP contribution in [0.4, 0.5) is 0 Å². The van der Waals surface area contributed by atoms with Crippen molar-refractivity contribution in [3.05, 3.63) is 42.5 Å². The van der Waals surface area contributed by atoms with Gasteiger partial charge in [0.05, 0.1) is 5.75 Å². The summed E-state index contributed by atoms with van der Waals surface area (Å²) in [5.41, 5.74) is 1.17. The number of hydrogen-bond donors (Lipinski definition) is 1. The van der Waals surface area contributed by atoms with Gasteiger partial charge in [-0.15, -0.1) is 0 Å². The molecule has 0 heterocycles. The van der Waals surface area contributed by atoms with Crippen molar-refractivity contribution in [1.82, 2.24) is 0 Å². The Hall–Kier alpha value is -1.13. The molecule has 0 radical (unpaired) electrons. The lowest BCUT2D eigenvalue weighted by molar-refractivity contribution is 0.480. The van der Waals surface area contributed by atoms with E-state index in [4.69, 9.17) is 4.55 Å². The second kappa shape index (κ2) is 8.96. The summed E-state index contributed by atoms with van der Waals surface area (Å²) in [7, 11) is -3.70. The molecule has 0 aromatic heterocycles. The summed E-state index contributed by atoms with van der Waals surface area (Å²) >= 11 is 0. The van der Waals surface area contributed by atoms with Crippen molar-refractivity contribution in [2.45, 2.75) is 26.2 Å². The third-order valence-corrected chi connectivity index (χ3v) is 2.85. The van der Waals surface area contributed by atoms with Crippen LogP contribution in [0, 0.1) is 0 Å². The molecule has 1 rings (SSSR count). The highest BCUT2D eigenvalue weighted by Gasteiger charge is 2.01. The fourth-order valence-corrected chi connectivity index (χ4v) is 1.69. The Morgan fingerprint density at radius 1 is 1.24 bits per heavy atom. The van der Waals surface area contributed by atoms with Crippen molar-refractivity contribution < 1.29 is 13.0 Å². The van der Waals surface area contributed by atoms with Crippen LogP contribution >= 0.6 is 0 Å². The lowest BCUT2D eigenvalue weighted by Crippen LogP contribution is -2.02. The van der Waals surface area contributed by atoms with Gasteiger partial charge in [-0.3, -0.25) is 4.55 Å². The standard InChI is InChI=1S/C8H8.C5H12O3S/c1-2-8-6-4-3-5-7-8;1-2-3-4-5-9(6,7)8/h2-7H,1H2;2-5H2,1H3,(H,6,7,8). The first kappa shape index (κ1) is 15.9.